The van der Waals surface area contributed by atoms with Gasteiger partial charge in [-0.2, -0.15) is 0 Å². The predicted molar refractivity (Wildman–Crippen MR) is 130 cm³/mol. The number of fused-ring (bicyclic) bond motifs is 1. The number of carbonyl (C=O) groups is 2. The predicted octanol–water partition coefficient (Wildman–Crippen LogP) is 3.25. The van der Waals surface area contributed by atoms with E-state index in [1.165, 1.54) is 0 Å². The van der Waals surface area contributed by atoms with E-state index in [1.807, 2.05) is 60.5 Å². The lowest BCUT2D eigenvalue weighted by Gasteiger charge is -2.34. The van der Waals surface area contributed by atoms with Gasteiger partial charge in [-0.1, -0.05) is 42.5 Å². The molecule has 1 spiro atoms. The van der Waals surface area contributed by atoms with Crippen molar-refractivity contribution in [3.63, 3.8) is 0 Å². The summed E-state index contributed by atoms with van der Waals surface area (Å²) in [6, 6.07) is 17.7. The summed E-state index contributed by atoms with van der Waals surface area (Å²) in [4.78, 5) is 32.5. The van der Waals surface area contributed by atoms with E-state index in [1.54, 1.807) is 7.11 Å². The molecule has 2 atom stereocenters. The third-order valence-electron chi connectivity index (χ3n) is 7.67. The van der Waals surface area contributed by atoms with Gasteiger partial charge < -0.3 is 19.5 Å². The Labute approximate surface area is 200 Å². The molecule has 0 unspecified atom stereocenters. The van der Waals surface area contributed by atoms with Crippen LogP contribution in [-0.2, 0) is 27.8 Å². The van der Waals surface area contributed by atoms with Crippen molar-refractivity contribution in [2.24, 2.45) is 18.4 Å². The van der Waals surface area contributed by atoms with Gasteiger partial charge in [-0.15, -0.1) is 0 Å². The van der Waals surface area contributed by atoms with Gasteiger partial charge in [-0.05, 0) is 42.4 Å². The number of carbonyl (C=O) groups excluding carboxylic acids is 2. The molecular weight excluding hydrogens is 428 g/mol. The SMILES string of the molecule is CO[C@H](C(=O)N1CCC2(CC1)C[C@@H]2C(=O)NCCc1nc2ccccc2n1C)c1ccccc1. The number of aromatic nitrogens is 2. The van der Waals surface area contributed by atoms with Crippen molar-refractivity contribution < 1.29 is 14.3 Å². The number of nitrogens with one attached hydrogen (secondary N) is 1. The number of methoxy groups -OCH3 is 1. The number of hydrogen-bond donors (Lipinski definition) is 1. The standard InChI is InChI=1S/C27H32N4O3/c1-30-22-11-7-6-10-21(22)29-23(30)12-15-28-25(32)20-18-27(20)13-16-31(17-14-27)26(33)24(34-2)19-8-4-3-5-9-19/h3-11,20,24H,12-18H2,1-2H3,(H,28,32)/t20-,24+/m1/s1. The highest BCUT2D eigenvalue weighted by Gasteiger charge is 2.58. The van der Waals surface area contributed by atoms with E-state index in [-0.39, 0.29) is 23.1 Å². The lowest BCUT2D eigenvalue weighted by molar-refractivity contribution is -0.144. The number of amides is 2. The van der Waals surface area contributed by atoms with Crippen LogP contribution in [0.15, 0.2) is 54.6 Å². The average Bonchev–Trinajstić information content (AvgIpc) is 3.47. The first-order chi connectivity index (χ1) is 16.5. The Balaban J connectivity index is 1.11. The molecule has 34 heavy (non-hydrogen) atoms. The number of rotatable bonds is 7. The Morgan fingerprint density at radius 3 is 2.53 bits per heavy atom. The number of aryl methyl sites for hydroxylation is 1. The molecule has 0 radical (unpaired) electrons. The van der Waals surface area contributed by atoms with Gasteiger partial charge in [0.05, 0.1) is 11.0 Å². The molecule has 2 aromatic carbocycles. The van der Waals surface area contributed by atoms with Crippen molar-refractivity contribution in [3.05, 3.63) is 66.0 Å². The van der Waals surface area contributed by atoms with Crippen LogP contribution in [0.5, 0.6) is 0 Å². The second kappa shape index (κ2) is 9.22. The molecule has 178 valence electrons. The van der Waals surface area contributed by atoms with E-state index in [0.29, 0.717) is 26.1 Å². The van der Waals surface area contributed by atoms with Gasteiger partial charge in [0.25, 0.3) is 5.91 Å². The van der Waals surface area contributed by atoms with Gasteiger partial charge in [0.2, 0.25) is 5.91 Å². The Morgan fingerprint density at radius 1 is 1.12 bits per heavy atom. The minimum Gasteiger partial charge on any atom is -0.367 e. The molecule has 7 heteroatoms. The van der Waals surface area contributed by atoms with Crippen molar-refractivity contribution in [1.29, 1.82) is 0 Å². The first-order valence-corrected chi connectivity index (χ1v) is 12.1. The van der Waals surface area contributed by atoms with Crippen molar-refractivity contribution in [2.45, 2.75) is 31.8 Å². The molecule has 1 aliphatic carbocycles. The van der Waals surface area contributed by atoms with Gasteiger partial charge >= 0.3 is 0 Å². The van der Waals surface area contributed by atoms with Crippen LogP contribution in [0.25, 0.3) is 11.0 Å². The fourth-order valence-corrected chi connectivity index (χ4v) is 5.46. The molecule has 2 heterocycles. The molecule has 1 aliphatic heterocycles. The van der Waals surface area contributed by atoms with E-state index in [4.69, 9.17) is 4.74 Å². The number of ether oxygens (including phenoxy) is 1. The summed E-state index contributed by atoms with van der Waals surface area (Å²) in [5, 5.41) is 3.13. The Hall–Kier alpha value is -3.19. The zero-order valence-corrected chi connectivity index (χ0v) is 19.9. The van der Waals surface area contributed by atoms with Gasteiger partial charge in [-0.25, -0.2) is 4.98 Å². The van der Waals surface area contributed by atoms with Crippen LogP contribution in [0.1, 0.15) is 36.8 Å². The van der Waals surface area contributed by atoms with Crippen molar-refractivity contribution >= 4 is 22.8 Å². The van der Waals surface area contributed by atoms with Crippen molar-refractivity contribution in [3.8, 4) is 0 Å². The Morgan fingerprint density at radius 2 is 1.82 bits per heavy atom. The molecule has 7 nitrogen and oxygen atoms in total. The molecular formula is C27H32N4O3. The molecule has 2 amide bonds. The maximum absolute atomic E-state index is 13.1. The van der Waals surface area contributed by atoms with Gasteiger partial charge in [0.15, 0.2) is 6.10 Å². The van der Waals surface area contributed by atoms with Gasteiger partial charge in [0.1, 0.15) is 5.82 Å². The fraction of sp³-hybridized carbons (Fsp3) is 0.444. The van der Waals surface area contributed by atoms with Crippen LogP contribution < -0.4 is 5.32 Å². The third kappa shape index (κ3) is 4.20. The number of piperidine rings is 1. The number of benzene rings is 2. The normalized spacial score (nSPS) is 19.8. The summed E-state index contributed by atoms with van der Waals surface area (Å²) in [6.07, 6.45) is 2.78. The summed E-state index contributed by atoms with van der Waals surface area (Å²) < 4.78 is 7.62. The minimum atomic E-state index is -0.573. The summed E-state index contributed by atoms with van der Waals surface area (Å²) >= 11 is 0. The Kier molecular flexibility index (Phi) is 6.13. The first-order valence-electron chi connectivity index (χ1n) is 12.1. The lowest BCUT2D eigenvalue weighted by atomic mass is 9.90. The maximum Gasteiger partial charge on any atom is 0.256 e. The Bertz CT molecular complexity index is 1180. The highest BCUT2D eigenvalue weighted by Crippen LogP contribution is 2.59. The molecule has 1 saturated carbocycles. The first kappa shape index (κ1) is 22.6. The topological polar surface area (TPSA) is 76.5 Å². The number of imidazole rings is 1. The van der Waals surface area contributed by atoms with Crippen LogP contribution in [0, 0.1) is 11.3 Å². The van der Waals surface area contributed by atoms with Gasteiger partial charge in [0, 0.05) is 46.1 Å². The zero-order valence-electron chi connectivity index (χ0n) is 19.9. The van der Waals surface area contributed by atoms with Crippen LogP contribution in [0.3, 0.4) is 0 Å². The third-order valence-corrected chi connectivity index (χ3v) is 7.67. The molecule has 1 saturated heterocycles. The van der Waals surface area contributed by atoms with Crippen LogP contribution in [0.2, 0.25) is 0 Å². The number of nitrogens with zero attached hydrogens (tertiary/aromatic N) is 3. The molecule has 5 rings (SSSR count). The summed E-state index contributed by atoms with van der Waals surface area (Å²) in [7, 11) is 3.60. The largest absolute Gasteiger partial charge is 0.367 e. The van der Waals surface area contributed by atoms with Crippen molar-refractivity contribution in [1.82, 2.24) is 19.8 Å². The number of hydrogen-bond acceptors (Lipinski definition) is 4. The minimum absolute atomic E-state index is 0.00709. The molecule has 1 N–H and O–H groups in total. The summed E-state index contributed by atoms with van der Waals surface area (Å²) in [6.45, 7) is 1.93. The van der Waals surface area contributed by atoms with E-state index >= 15 is 0 Å². The molecule has 3 aromatic rings. The quantitative estimate of drug-likeness (QED) is 0.587. The second-order valence-corrected chi connectivity index (χ2v) is 9.59. The van der Waals surface area contributed by atoms with Crippen molar-refractivity contribution in [2.75, 3.05) is 26.7 Å². The summed E-state index contributed by atoms with van der Waals surface area (Å²) in [5.74, 6) is 1.17. The van der Waals surface area contributed by atoms with Crippen LogP contribution in [-0.4, -0.2) is 53.0 Å². The molecule has 1 aromatic heterocycles. The van der Waals surface area contributed by atoms with Gasteiger partial charge in [-0.3, -0.25) is 9.59 Å². The van der Waals surface area contributed by atoms with E-state index in [9.17, 15) is 9.59 Å². The lowest BCUT2D eigenvalue weighted by Crippen LogP contribution is -2.43. The monoisotopic (exact) mass is 460 g/mol. The van der Waals surface area contributed by atoms with Crippen LogP contribution >= 0.6 is 0 Å². The smallest absolute Gasteiger partial charge is 0.256 e. The van der Waals surface area contributed by atoms with E-state index in [0.717, 1.165) is 41.7 Å². The van der Waals surface area contributed by atoms with Crippen LogP contribution in [0.4, 0.5) is 0 Å². The number of para-hydroxylation sites is 2. The highest BCUT2D eigenvalue weighted by atomic mass is 16.5. The average molecular weight is 461 g/mol. The maximum atomic E-state index is 13.1. The molecule has 0 bridgehead atoms. The molecule has 2 aliphatic rings. The molecule has 2 fully saturated rings. The zero-order chi connectivity index (χ0) is 23.7. The van der Waals surface area contributed by atoms with E-state index < -0.39 is 6.10 Å². The summed E-state index contributed by atoms with van der Waals surface area (Å²) in [5.41, 5.74) is 3.01. The fourth-order valence-electron chi connectivity index (χ4n) is 5.46. The second-order valence-electron chi connectivity index (χ2n) is 9.59. The highest BCUT2D eigenvalue weighted by molar-refractivity contribution is 5.84. The van der Waals surface area contributed by atoms with E-state index in [2.05, 4.69) is 20.9 Å². The number of likely N-dealkylation sites (tertiary alicyclic amines) is 1.